The molecule has 1 fully saturated rings. The summed E-state index contributed by atoms with van der Waals surface area (Å²) in [5, 5.41) is 2.94. The lowest BCUT2D eigenvalue weighted by Crippen LogP contribution is -2.35. The monoisotopic (exact) mass is 481 g/mol. The van der Waals surface area contributed by atoms with Crippen molar-refractivity contribution in [2.45, 2.75) is 30.4 Å². The van der Waals surface area contributed by atoms with Crippen molar-refractivity contribution in [3.05, 3.63) is 51.3 Å². The third-order valence-electron chi connectivity index (χ3n) is 4.82. The average Bonchev–Trinajstić information content (AvgIpc) is 3.37. The van der Waals surface area contributed by atoms with Crippen LogP contribution in [0.15, 0.2) is 39.9 Å². The summed E-state index contributed by atoms with van der Waals surface area (Å²) in [5.41, 5.74) is 1.82. The van der Waals surface area contributed by atoms with Gasteiger partial charge in [-0.15, -0.1) is 22.7 Å². The molecule has 2 aromatic heterocycles. The maximum atomic E-state index is 12.8. The van der Waals surface area contributed by atoms with Crippen molar-refractivity contribution in [3.63, 3.8) is 0 Å². The zero-order valence-corrected chi connectivity index (χ0v) is 19.4. The second kappa shape index (κ2) is 8.66. The van der Waals surface area contributed by atoms with E-state index >= 15 is 0 Å². The first-order valence-electron chi connectivity index (χ1n) is 9.47. The zero-order valence-electron chi connectivity index (χ0n) is 16.2. The van der Waals surface area contributed by atoms with Gasteiger partial charge in [0.15, 0.2) is 0 Å². The van der Waals surface area contributed by atoms with Crippen LogP contribution in [0.25, 0.3) is 10.6 Å². The predicted octanol–water partition coefficient (Wildman–Crippen LogP) is 5.26. The topological polar surface area (TPSA) is 79.4 Å². The lowest BCUT2D eigenvalue weighted by molar-refractivity contribution is 0.0728. The molecule has 4 rings (SSSR count). The molecule has 0 bridgehead atoms. The number of carbonyl (C=O) groups excluding carboxylic acids is 1. The summed E-state index contributed by atoms with van der Waals surface area (Å²) < 4.78 is 28.1. The number of carbonyl (C=O) groups is 1. The number of piperidine rings is 1. The number of benzene rings is 1. The number of likely N-dealkylation sites (tertiary alicyclic amines) is 1. The van der Waals surface area contributed by atoms with Gasteiger partial charge in [-0.05, 0) is 56.5 Å². The molecule has 1 saturated heterocycles. The molecule has 1 aromatic carbocycles. The van der Waals surface area contributed by atoms with Gasteiger partial charge in [0.25, 0.3) is 15.9 Å². The zero-order chi connectivity index (χ0) is 21.3. The number of halogens is 1. The van der Waals surface area contributed by atoms with Crippen LogP contribution in [-0.4, -0.2) is 37.3 Å². The number of anilines is 1. The number of amides is 1. The highest BCUT2D eigenvalue weighted by atomic mass is 35.5. The molecular formula is C20H20ClN3O3S3. The van der Waals surface area contributed by atoms with Crippen molar-refractivity contribution < 1.29 is 13.2 Å². The van der Waals surface area contributed by atoms with Crippen LogP contribution < -0.4 is 4.72 Å². The quantitative estimate of drug-likeness (QED) is 0.539. The molecule has 1 aliphatic heterocycles. The van der Waals surface area contributed by atoms with Gasteiger partial charge in [0, 0.05) is 34.7 Å². The minimum Gasteiger partial charge on any atom is -0.338 e. The van der Waals surface area contributed by atoms with E-state index < -0.39 is 10.0 Å². The van der Waals surface area contributed by atoms with E-state index in [0.717, 1.165) is 43.7 Å². The van der Waals surface area contributed by atoms with Crippen LogP contribution in [-0.2, 0) is 10.0 Å². The number of nitrogens with one attached hydrogen (secondary N) is 1. The summed E-state index contributed by atoms with van der Waals surface area (Å²) in [6, 6.07) is 8.06. The van der Waals surface area contributed by atoms with Crippen LogP contribution in [0.5, 0.6) is 0 Å². The molecular weight excluding hydrogens is 462 g/mol. The summed E-state index contributed by atoms with van der Waals surface area (Å²) in [7, 11) is -3.72. The number of rotatable bonds is 5. The Kier molecular flexibility index (Phi) is 6.15. The Morgan fingerprint density at radius 2 is 1.87 bits per heavy atom. The summed E-state index contributed by atoms with van der Waals surface area (Å²) >= 11 is 8.29. The summed E-state index contributed by atoms with van der Waals surface area (Å²) in [6.07, 6.45) is 3.22. The van der Waals surface area contributed by atoms with E-state index in [1.807, 2.05) is 11.8 Å². The first-order valence-corrected chi connectivity index (χ1v) is 13.0. The molecule has 0 atom stereocenters. The lowest BCUT2D eigenvalue weighted by Gasteiger charge is -2.26. The normalized spacial score (nSPS) is 14.7. The van der Waals surface area contributed by atoms with Gasteiger partial charge in [-0.2, -0.15) is 0 Å². The molecule has 0 saturated carbocycles. The Labute approximate surface area is 188 Å². The molecule has 3 heterocycles. The van der Waals surface area contributed by atoms with Gasteiger partial charge in [0.2, 0.25) is 0 Å². The molecule has 0 spiro atoms. The fourth-order valence-electron chi connectivity index (χ4n) is 3.25. The Morgan fingerprint density at radius 1 is 1.17 bits per heavy atom. The number of sulfonamides is 1. The summed E-state index contributed by atoms with van der Waals surface area (Å²) in [6.45, 7) is 3.38. The van der Waals surface area contributed by atoms with Gasteiger partial charge in [-0.25, -0.2) is 13.4 Å². The fraction of sp³-hybridized carbons (Fsp3) is 0.300. The molecule has 6 nitrogen and oxygen atoms in total. The van der Waals surface area contributed by atoms with Crippen LogP contribution in [0.4, 0.5) is 5.69 Å². The fourth-order valence-corrected chi connectivity index (χ4v) is 6.70. The van der Waals surface area contributed by atoms with Crippen LogP contribution >= 0.6 is 34.3 Å². The van der Waals surface area contributed by atoms with Gasteiger partial charge in [0.1, 0.15) is 14.1 Å². The van der Waals surface area contributed by atoms with E-state index in [1.165, 1.54) is 11.3 Å². The Bertz CT molecular complexity index is 1160. The van der Waals surface area contributed by atoms with Crippen LogP contribution in [0.2, 0.25) is 5.02 Å². The van der Waals surface area contributed by atoms with Crippen molar-refractivity contribution in [2.24, 2.45) is 0 Å². The first-order chi connectivity index (χ1) is 14.3. The lowest BCUT2D eigenvalue weighted by atomic mass is 10.1. The van der Waals surface area contributed by atoms with E-state index in [4.69, 9.17) is 11.6 Å². The van der Waals surface area contributed by atoms with Crippen molar-refractivity contribution in [2.75, 3.05) is 17.8 Å². The average molecular weight is 482 g/mol. The molecule has 1 N–H and O–H groups in total. The van der Waals surface area contributed by atoms with E-state index in [9.17, 15) is 13.2 Å². The Balaban J connectivity index is 1.55. The molecule has 158 valence electrons. The highest BCUT2D eigenvalue weighted by molar-refractivity contribution is 7.94. The molecule has 10 heteroatoms. The number of aromatic nitrogens is 1. The highest BCUT2D eigenvalue weighted by Gasteiger charge is 2.24. The van der Waals surface area contributed by atoms with E-state index in [-0.39, 0.29) is 10.1 Å². The maximum Gasteiger partial charge on any atom is 0.271 e. The maximum absolute atomic E-state index is 12.8. The van der Waals surface area contributed by atoms with E-state index in [0.29, 0.717) is 31.9 Å². The molecule has 3 aromatic rings. The van der Waals surface area contributed by atoms with Crippen LogP contribution in [0, 0.1) is 6.92 Å². The van der Waals surface area contributed by atoms with Crippen molar-refractivity contribution >= 4 is 55.9 Å². The number of thiophene rings is 1. The molecule has 0 radical (unpaired) electrons. The van der Waals surface area contributed by atoms with Crippen molar-refractivity contribution in [1.82, 2.24) is 9.88 Å². The standard InChI is InChI=1S/C20H20ClN3O3S3/c1-13-18(20(25)24-9-3-2-4-10-24)29-19(22-13)14-11-17(28-12-14)30(26,27)23-16-7-5-15(21)6-8-16/h5-8,11-12,23H,2-4,9-10H2,1H3. The van der Waals surface area contributed by atoms with Gasteiger partial charge in [-0.1, -0.05) is 11.6 Å². The van der Waals surface area contributed by atoms with Gasteiger partial charge in [0.05, 0.1) is 5.69 Å². The van der Waals surface area contributed by atoms with E-state index in [2.05, 4.69) is 9.71 Å². The minimum absolute atomic E-state index is 0.0171. The van der Waals surface area contributed by atoms with Crippen molar-refractivity contribution in [1.29, 1.82) is 0 Å². The predicted molar refractivity (Wildman–Crippen MR) is 122 cm³/mol. The second-order valence-electron chi connectivity index (χ2n) is 7.05. The first kappa shape index (κ1) is 21.3. The summed E-state index contributed by atoms with van der Waals surface area (Å²) in [5.74, 6) is 0.0171. The van der Waals surface area contributed by atoms with Gasteiger partial charge >= 0.3 is 0 Å². The van der Waals surface area contributed by atoms with Gasteiger partial charge in [-0.3, -0.25) is 9.52 Å². The Hall–Kier alpha value is -1.94. The number of nitrogens with zero attached hydrogens (tertiary/aromatic N) is 2. The third-order valence-corrected chi connectivity index (χ3v) is 9.09. The SMILES string of the molecule is Cc1nc(-c2csc(S(=O)(=O)Nc3ccc(Cl)cc3)c2)sc1C(=O)N1CCCCC1. The second-order valence-corrected chi connectivity index (χ2v) is 11.3. The minimum atomic E-state index is -3.72. The number of thiazole rings is 1. The molecule has 30 heavy (non-hydrogen) atoms. The molecule has 0 unspecified atom stereocenters. The van der Waals surface area contributed by atoms with Crippen molar-refractivity contribution in [3.8, 4) is 10.6 Å². The summed E-state index contributed by atoms with van der Waals surface area (Å²) in [4.78, 5) is 19.9. The number of aryl methyl sites for hydroxylation is 1. The number of hydrogen-bond donors (Lipinski definition) is 1. The van der Waals surface area contributed by atoms with E-state index in [1.54, 1.807) is 35.7 Å². The third kappa shape index (κ3) is 4.54. The smallest absolute Gasteiger partial charge is 0.271 e. The molecule has 0 aliphatic carbocycles. The Morgan fingerprint density at radius 3 is 2.57 bits per heavy atom. The molecule has 1 aliphatic rings. The highest BCUT2D eigenvalue weighted by Crippen LogP contribution is 2.34. The number of hydrogen-bond acceptors (Lipinski definition) is 6. The molecule has 1 amide bonds. The van der Waals surface area contributed by atoms with Crippen LogP contribution in [0.1, 0.15) is 34.6 Å². The largest absolute Gasteiger partial charge is 0.338 e. The van der Waals surface area contributed by atoms with Crippen LogP contribution in [0.3, 0.4) is 0 Å². The van der Waals surface area contributed by atoms with Gasteiger partial charge < -0.3 is 4.90 Å².